The standard InChI is InChI=1S/C15H19N3O2/c1-3-9-18-15(14(11-19)16-17-18)10-12-5-7-13(8-6-12)20-4-2/h3,5-8,19H,1,4,9-11H2,2H3. The molecule has 1 heterocycles. The molecule has 1 aromatic heterocycles. The predicted octanol–water partition coefficient (Wildman–Crippen LogP) is 1.95. The van der Waals surface area contributed by atoms with E-state index in [1.807, 2.05) is 31.2 Å². The minimum absolute atomic E-state index is 0.108. The zero-order chi connectivity index (χ0) is 14.4. The van der Waals surface area contributed by atoms with Gasteiger partial charge in [0.05, 0.1) is 25.5 Å². The Kier molecular flexibility index (Phi) is 4.90. The lowest BCUT2D eigenvalue weighted by atomic mass is 10.1. The molecule has 0 saturated carbocycles. The summed E-state index contributed by atoms with van der Waals surface area (Å²) in [7, 11) is 0. The van der Waals surface area contributed by atoms with Gasteiger partial charge in [-0.3, -0.25) is 0 Å². The molecule has 5 heteroatoms. The first-order chi connectivity index (χ1) is 9.78. The van der Waals surface area contributed by atoms with Crippen molar-refractivity contribution in [2.75, 3.05) is 6.61 Å². The summed E-state index contributed by atoms with van der Waals surface area (Å²) >= 11 is 0. The summed E-state index contributed by atoms with van der Waals surface area (Å²) in [6.45, 7) is 6.79. The second kappa shape index (κ2) is 6.86. The quantitative estimate of drug-likeness (QED) is 0.783. The number of aromatic nitrogens is 3. The zero-order valence-electron chi connectivity index (χ0n) is 11.6. The zero-order valence-corrected chi connectivity index (χ0v) is 11.6. The van der Waals surface area contributed by atoms with Crippen LogP contribution in [0.5, 0.6) is 5.75 Å². The summed E-state index contributed by atoms with van der Waals surface area (Å²) in [5.41, 5.74) is 2.65. The number of nitrogens with zero attached hydrogens (tertiary/aromatic N) is 3. The largest absolute Gasteiger partial charge is 0.494 e. The van der Waals surface area contributed by atoms with Gasteiger partial charge in [0.15, 0.2) is 0 Å². The first-order valence-electron chi connectivity index (χ1n) is 6.63. The first kappa shape index (κ1) is 14.3. The maximum atomic E-state index is 9.33. The topological polar surface area (TPSA) is 60.2 Å². The van der Waals surface area contributed by atoms with E-state index < -0.39 is 0 Å². The molecule has 0 radical (unpaired) electrons. The van der Waals surface area contributed by atoms with E-state index >= 15 is 0 Å². The van der Waals surface area contributed by atoms with Crippen LogP contribution >= 0.6 is 0 Å². The van der Waals surface area contributed by atoms with E-state index in [0.29, 0.717) is 25.3 Å². The second-order valence-corrected chi connectivity index (χ2v) is 4.37. The maximum absolute atomic E-state index is 9.33. The van der Waals surface area contributed by atoms with Crippen molar-refractivity contribution < 1.29 is 9.84 Å². The van der Waals surface area contributed by atoms with Crippen molar-refractivity contribution in [3.05, 3.63) is 53.9 Å². The van der Waals surface area contributed by atoms with Crippen molar-refractivity contribution in [1.82, 2.24) is 15.0 Å². The van der Waals surface area contributed by atoms with Crippen LogP contribution in [0.2, 0.25) is 0 Å². The van der Waals surface area contributed by atoms with Crippen LogP contribution in [-0.2, 0) is 19.6 Å². The fourth-order valence-corrected chi connectivity index (χ4v) is 2.02. The summed E-state index contributed by atoms with van der Waals surface area (Å²) in [5, 5.41) is 17.3. The molecule has 0 aliphatic heterocycles. The normalized spacial score (nSPS) is 10.5. The smallest absolute Gasteiger partial charge is 0.119 e. The number of aliphatic hydroxyl groups is 1. The van der Waals surface area contributed by atoms with Gasteiger partial charge in [-0.2, -0.15) is 0 Å². The lowest BCUT2D eigenvalue weighted by Crippen LogP contribution is -2.06. The molecule has 0 aliphatic rings. The Morgan fingerprint density at radius 2 is 2.10 bits per heavy atom. The molecular weight excluding hydrogens is 254 g/mol. The molecule has 1 aromatic carbocycles. The van der Waals surface area contributed by atoms with Crippen LogP contribution in [0.15, 0.2) is 36.9 Å². The van der Waals surface area contributed by atoms with Crippen LogP contribution in [0.1, 0.15) is 23.9 Å². The predicted molar refractivity (Wildman–Crippen MR) is 76.6 cm³/mol. The van der Waals surface area contributed by atoms with E-state index in [1.165, 1.54) is 0 Å². The van der Waals surface area contributed by atoms with Crippen molar-refractivity contribution in [3.63, 3.8) is 0 Å². The van der Waals surface area contributed by atoms with Crippen LogP contribution in [0.3, 0.4) is 0 Å². The number of rotatable bonds is 7. The van der Waals surface area contributed by atoms with Crippen molar-refractivity contribution >= 4 is 0 Å². The molecular formula is C15H19N3O2. The van der Waals surface area contributed by atoms with Crippen LogP contribution in [0, 0.1) is 0 Å². The number of benzene rings is 1. The lowest BCUT2D eigenvalue weighted by Gasteiger charge is -2.07. The van der Waals surface area contributed by atoms with Crippen molar-refractivity contribution in [3.8, 4) is 5.75 Å². The van der Waals surface area contributed by atoms with Crippen molar-refractivity contribution in [2.24, 2.45) is 0 Å². The first-order valence-corrected chi connectivity index (χ1v) is 6.63. The lowest BCUT2D eigenvalue weighted by molar-refractivity contribution is 0.275. The highest BCUT2D eigenvalue weighted by Gasteiger charge is 2.12. The summed E-state index contributed by atoms with van der Waals surface area (Å²) in [5.74, 6) is 0.858. The molecule has 2 rings (SSSR count). The summed E-state index contributed by atoms with van der Waals surface area (Å²) in [6.07, 6.45) is 2.43. The molecule has 106 valence electrons. The fraction of sp³-hybridized carbons (Fsp3) is 0.333. The van der Waals surface area contributed by atoms with E-state index in [2.05, 4.69) is 16.9 Å². The maximum Gasteiger partial charge on any atom is 0.119 e. The number of allylic oxidation sites excluding steroid dienone is 1. The van der Waals surface area contributed by atoms with E-state index in [0.717, 1.165) is 17.0 Å². The van der Waals surface area contributed by atoms with Gasteiger partial charge in [0.1, 0.15) is 11.4 Å². The molecule has 20 heavy (non-hydrogen) atoms. The Labute approximate surface area is 118 Å². The van der Waals surface area contributed by atoms with E-state index in [-0.39, 0.29) is 6.61 Å². The Hall–Kier alpha value is -2.14. The number of aliphatic hydroxyl groups excluding tert-OH is 1. The Morgan fingerprint density at radius 3 is 2.70 bits per heavy atom. The van der Waals surface area contributed by atoms with Crippen molar-refractivity contribution in [2.45, 2.75) is 26.5 Å². The second-order valence-electron chi connectivity index (χ2n) is 4.37. The number of ether oxygens (including phenoxy) is 1. The van der Waals surface area contributed by atoms with Crippen LogP contribution < -0.4 is 4.74 Å². The van der Waals surface area contributed by atoms with Crippen LogP contribution in [-0.4, -0.2) is 26.7 Å². The van der Waals surface area contributed by atoms with Gasteiger partial charge >= 0.3 is 0 Å². The van der Waals surface area contributed by atoms with E-state index in [4.69, 9.17) is 4.74 Å². The van der Waals surface area contributed by atoms with Gasteiger partial charge in [-0.05, 0) is 24.6 Å². The molecule has 0 atom stereocenters. The van der Waals surface area contributed by atoms with E-state index in [9.17, 15) is 5.11 Å². The molecule has 0 bridgehead atoms. The van der Waals surface area contributed by atoms with Gasteiger partial charge in [0, 0.05) is 6.42 Å². The average Bonchev–Trinajstić information content (AvgIpc) is 2.84. The highest BCUT2D eigenvalue weighted by Crippen LogP contribution is 2.17. The van der Waals surface area contributed by atoms with E-state index in [1.54, 1.807) is 10.8 Å². The fourth-order valence-electron chi connectivity index (χ4n) is 2.02. The van der Waals surface area contributed by atoms with Gasteiger partial charge in [-0.1, -0.05) is 23.4 Å². The molecule has 0 spiro atoms. The summed E-state index contributed by atoms with van der Waals surface area (Å²) < 4.78 is 7.18. The monoisotopic (exact) mass is 273 g/mol. The number of hydrogen-bond acceptors (Lipinski definition) is 4. The minimum Gasteiger partial charge on any atom is -0.494 e. The molecule has 0 aliphatic carbocycles. The molecule has 0 unspecified atom stereocenters. The van der Waals surface area contributed by atoms with Crippen LogP contribution in [0.25, 0.3) is 0 Å². The third-order valence-corrected chi connectivity index (χ3v) is 2.98. The highest BCUT2D eigenvalue weighted by atomic mass is 16.5. The molecule has 5 nitrogen and oxygen atoms in total. The molecule has 0 amide bonds. The highest BCUT2D eigenvalue weighted by molar-refractivity contribution is 5.30. The van der Waals surface area contributed by atoms with Gasteiger partial charge in [-0.15, -0.1) is 11.7 Å². The van der Waals surface area contributed by atoms with Gasteiger partial charge in [0.25, 0.3) is 0 Å². The summed E-state index contributed by atoms with van der Waals surface area (Å²) in [6, 6.07) is 7.91. The summed E-state index contributed by atoms with van der Waals surface area (Å²) in [4.78, 5) is 0. The third kappa shape index (κ3) is 3.24. The minimum atomic E-state index is -0.108. The van der Waals surface area contributed by atoms with Crippen LogP contribution in [0.4, 0.5) is 0 Å². The third-order valence-electron chi connectivity index (χ3n) is 2.98. The molecule has 0 saturated heterocycles. The Bertz CT molecular complexity index is 561. The van der Waals surface area contributed by atoms with Gasteiger partial charge in [-0.25, -0.2) is 4.68 Å². The average molecular weight is 273 g/mol. The van der Waals surface area contributed by atoms with Gasteiger partial charge < -0.3 is 9.84 Å². The van der Waals surface area contributed by atoms with Gasteiger partial charge in [0.2, 0.25) is 0 Å². The Morgan fingerprint density at radius 1 is 1.35 bits per heavy atom. The Balaban J connectivity index is 2.19. The number of hydrogen-bond donors (Lipinski definition) is 1. The van der Waals surface area contributed by atoms with Crippen molar-refractivity contribution in [1.29, 1.82) is 0 Å². The molecule has 2 aromatic rings. The SMILES string of the molecule is C=CCn1nnc(CO)c1Cc1ccc(OCC)cc1. The molecule has 0 fully saturated rings. The molecule has 1 N–H and O–H groups in total.